The highest BCUT2D eigenvalue weighted by Crippen LogP contribution is 2.34. The van der Waals surface area contributed by atoms with Crippen LogP contribution in [0.5, 0.6) is 0 Å². The SMILES string of the molecule is O=C1c2ccc(C3CCN(Cc4cccc(S(=O)(=O)N5CCOCC5)c4)CC3)cc2CN1C1CCCNC1. The molecule has 8 nitrogen and oxygen atoms in total. The van der Waals surface area contributed by atoms with Crippen LogP contribution in [-0.4, -0.2) is 87.0 Å². The van der Waals surface area contributed by atoms with E-state index in [2.05, 4.69) is 33.3 Å². The van der Waals surface area contributed by atoms with Gasteiger partial charge in [0.1, 0.15) is 0 Å². The molecule has 4 aliphatic rings. The first-order valence-electron chi connectivity index (χ1n) is 14.0. The van der Waals surface area contributed by atoms with Crippen LogP contribution < -0.4 is 5.32 Å². The lowest BCUT2D eigenvalue weighted by atomic mass is 9.87. The molecule has 0 saturated carbocycles. The molecule has 6 rings (SSSR count). The molecule has 1 N–H and O–H groups in total. The minimum Gasteiger partial charge on any atom is -0.379 e. The van der Waals surface area contributed by atoms with Gasteiger partial charge in [-0.3, -0.25) is 9.69 Å². The molecule has 9 heteroatoms. The normalized spacial score (nSPS) is 24.1. The first-order valence-corrected chi connectivity index (χ1v) is 15.5. The molecule has 0 radical (unpaired) electrons. The molecule has 0 aromatic heterocycles. The number of carbonyl (C=O) groups excluding carboxylic acids is 1. The predicted molar refractivity (Wildman–Crippen MR) is 145 cm³/mol. The molecular weight excluding hydrogens is 500 g/mol. The Bertz CT molecular complexity index is 1260. The summed E-state index contributed by atoms with van der Waals surface area (Å²) in [6.07, 6.45) is 4.34. The van der Waals surface area contributed by atoms with Crippen molar-refractivity contribution in [2.75, 3.05) is 52.5 Å². The minimum absolute atomic E-state index is 0.188. The van der Waals surface area contributed by atoms with E-state index in [1.165, 1.54) is 15.4 Å². The standard InChI is InChI=1S/C29H38N4O4S/c34-29-28-7-6-24(18-25(28)21-33(29)26-4-2-10-30-19-26)23-8-11-31(12-9-23)20-22-3-1-5-27(17-22)38(35,36)32-13-15-37-16-14-32/h1,3,5-7,17-18,23,26,30H,2,4,8-16,19-21H2. The van der Waals surface area contributed by atoms with E-state index >= 15 is 0 Å². The van der Waals surface area contributed by atoms with Crippen molar-refractivity contribution in [2.45, 2.75) is 55.6 Å². The number of piperidine rings is 2. The summed E-state index contributed by atoms with van der Waals surface area (Å²) in [5, 5.41) is 3.43. The number of nitrogens with zero attached hydrogens (tertiary/aromatic N) is 3. The summed E-state index contributed by atoms with van der Waals surface area (Å²) in [4.78, 5) is 17.9. The van der Waals surface area contributed by atoms with Crippen LogP contribution in [0, 0.1) is 0 Å². The average Bonchev–Trinajstić information content (AvgIpc) is 3.30. The number of likely N-dealkylation sites (tertiary alicyclic amines) is 1. The zero-order valence-electron chi connectivity index (χ0n) is 22.0. The Morgan fingerprint density at radius 2 is 1.79 bits per heavy atom. The lowest BCUT2D eigenvalue weighted by Crippen LogP contribution is -2.46. The van der Waals surface area contributed by atoms with Gasteiger partial charge in [-0.05, 0) is 86.1 Å². The molecule has 1 atom stereocenters. The van der Waals surface area contributed by atoms with Gasteiger partial charge in [-0.1, -0.05) is 24.3 Å². The Labute approximate surface area is 226 Å². The van der Waals surface area contributed by atoms with Crippen LogP contribution in [0.2, 0.25) is 0 Å². The first kappa shape index (κ1) is 26.0. The van der Waals surface area contributed by atoms with Crippen LogP contribution >= 0.6 is 0 Å². The van der Waals surface area contributed by atoms with Gasteiger partial charge >= 0.3 is 0 Å². The predicted octanol–water partition coefficient (Wildman–Crippen LogP) is 2.79. The molecule has 204 valence electrons. The maximum Gasteiger partial charge on any atom is 0.254 e. The third-order valence-corrected chi connectivity index (χ3v) is 10.5. The molecule has 1 amide bonds. The molecule has 3 saturated heterocycles. The van der Waals surface area contributed by atoms with Gasteiger partial charge in [0.15, 0.2) is 0 Å². The Morgan fingerprint density at radius 3 is 2.55 bits per heavy atom. The zero-order chi connectivity index (χ0) is 26.1. The Balaban J connectivity index is 1.06. The fraction of sp³-hybridized carbons (Fsp3) is 0.552. The zero-order valence-corrected chi connectivity index (χ0v) is 22.8. The number of nitrogens with one attached hydrogen (secondary N) is 1. The van der Waals surface area contributed by atoms with Crippen LogP contribution in [-0.2, 0) is 27.8 Å². The van der Waals surface area contributed by atoms with Crippen molar-refractivity contribution in [1.82, 2.24) is 19.4 Å². The number of hydrogen-bond donors (Lipinski definition) is 1. The third-order valence-electron chi connectivity index (χ3n) is 8.64. The van der Waals surface area contributed by atoms with E-state index < -0.39 is 10.0 Å². The number of benzene rings is 2. The van der Waals surface area contributed by atoms with Crippen molar-refractivity contribution in [3.8, 4) is 0 Å². The highest BCUT2D eigenvalue weighted by atomic mass is 32.2. The minimum atomic E-state index is -3.49. The first-order chi connectivity index (χ1) is 18.5. The van der Waals surface area contributed by atoms with Gasteiger partial charge in [0.05, 0.1) is 18.1 Å². The van der Waals surface area contributed by atoms with Crippen molar-refractivity contribution >= 4 is 15.9 Å². The van der Waals surface area contributed by atoms with Crippen molar-refractivity contribution in [1.29, 1.82) is 0 Å². The number of sulfonamides is 1. The smallest absolute Gasteiger partial charge is 0.254 e. The van der Waals surface area contributed by atoms with Crippen molar-refractivity contribution in [3.05, 3.63) is 64.7 Å². The molecule has 2 aromatic rings. The monoisotopic (exact) mass is 538 g/mol. The molecule has 1 unspecified atom stereocenters. The summed E-state index contributed by atoms with van der Waals surface area (Å²) in [6.45, 7) is 7.09. The number of morpholine rings is 1. The van der Waals surface area contributed by atoms with Crippen LogP contribution in [0.25, 0.3) is 0 Å². The molecule has 2 aromatic carbocycles. The maximum atomic E-state index is 13.1. The Morgan fingerprint density at radius 1 is 0.974 bits per heavy atom. The number of rotatable bonds is 6. The quantitative estimate of drug-likeness (QED) is 0.609. The topological polar surface area (TPSA) is 82.2 Å². The second-order valence-electron chi connectivity index (χ2n) is 11.1. The number of ether oxygens (including phenoxy) is 1. The van der Waals surface area contributed by atoms with Gasteiger partial charge in [-0.15, -0.1) is 0 Å². The van der Waals surface area contributed by atoms with Crippen LogP contribution in [0.4, 0.5) is 0 Å². The maximum absolute atomic E-state index is 13.1. The Kier molecular flexibility index (Phi) is 7.55. The van der Waals surface area contributed by atoms with Crippen LogP contribution in [0.1, 0.15) is 58.6 Å². The second kappa shape index (κ2) is 11.1. The van der Waals surface area contributed by atoms with E-state index in [9.17, 15) is 13.2 Å². The fourth-order valence-electron chi connectivity index (χ4n) is 6.43. The van der Waals surface area contributed by atoms with Crippen molar-refractivity contribution in [2.24, 2.45) is 0 Å². The van der Waals surface area contributed by atoms with Crippen molar-refractivity contribution in [3.63, 3.8) is 0 Å². The van der Waals surface area contributed by atoms with Gasteiger partial charge in [0, 0.05) is 44.3 Å². The molecule has 0 aliphatic carbocycles. The van der Waals surface area contributed by atoms with Gasteiger partial charge in [-0.25, -0.2) is 8.42 Å². The van der Waals surface area contributed by atoms with E-state index in [1.54, 1.807) is 6.07 Å². The summed E-state index contributed by atoms with van der Waals surface area (Å²) >= 11 is 0. The van der Waals surface area contributed by atoms with E-state index in [1.807, 2.05) is 18.2 Å². The van der Waals surface area contributed by atoms with E-state index in [4.69, 9.17) is 4.74 Å². The lowest BCUT2D eigenvalue weighted by Gasteiger charge is -2.32. The molecule has 0 spiro atoms. The van der Waals surface area contributed by atoms with Crippen LogP contribution in [0.3, 0.4) is 0 Å². The summed E-state index contributed by atoms with van der Waals surface area (Å²) in [5.74, 6) is 0.679. The molecule has 0 bridgehead atoms. The summed E-state index contributed by atoms with van der Waals surface area (Å²) in [7, 11) is -3.49. The highest BCUT2D eigenvalue weighted by molar-refractivity contribution is 7.89. The van der Waals surface area contributed by atoms with Gasteiger partial charge in [0.2, 0.25) is 10.0 Å². The summed E-state index contributed by atoms with van der Waals surface area (Å²) in [5.41, 5.74) is 4.44. The van der Waals surface area contributed by atoms with E-state index in [0.29, 0.717) is 43.2 Å². The van der Waals surface area contributed by atoms with Gasteiger partial charge in [0.25, 0.3) is 5.91 Å². The van der Waals surface area contributed by atoms with Gasteiger partial charge < -0.3 is 15.0 Å². The third kappa shape index (κ3) is 5.27. The van der Waals surface area contributed by atoms with Gasteiger partial charge in [-0.2, -0.15) is 4.31 Å². The van der Waals surface area contributed by atoms with Crippen LogP contribution in [0.15, 0.2) is 47.4 Å². The van der Waals surface area contributed by atoms with E-state index in [-0.39, 0.29) is 5.91 Å². The second-order valence-corrected chi connectivity index (χ2v) is 13.0. The molecular formula is C29H38N4O4S. The molecule has 38 heavy (non-hydrogen) atoms. The number of carbonyl (C=O) groups is 1. The summed E-state index contributed by atoms with van der Waals surface area (Å²) in [6, 6.07) is 14.2. The lowest BCUT2D eigenvalue weighted by molar-refractivity contribution is 0.0674. The summed E-state index contributed by atoms with van der Waals surface area (Å²) < 4.78 is 33.0. The molecule has 4 aliphatic heterocycles. The molecule has 3 fully saturated rings. The average molecular weight is 539 g/mol. The number of fused-ring (bicyclic) bond motifs is 1. The number of amides is 1. The Hall–Kier alpha value is -2.30. The molecule has 4 heterocycles. The van der Waals surface area contributed by atoms with Crippen molar-refractivity contribution < 1.29 is 17.9 Å². The largest absolute Gasteiger partial charge is 0.379 e. The van der Waals surface area contributed by atoms with E-state index in [0.717, 1.165) is 76.1 Å². The number of hydrogen-bond acceptors (Lipinski definition) is 6. The highest BCUT2D eigenvalue weighted by Gasteiger charge is 2.34. The fourth-order valence-corrected chi connectivity index (χ4v) is 7.91.